The van der Waals surface area contributed by atoms with Crippen LogP contribution in [-0.2, 0) is 14.4 Å². The molecule has 0 saturated carbocycles. The van der Waals surface area contributed by atoms with Gasteiger partial charge >= 0.3 is 5.97 Å². The van der Waals surface area contributed by atoms with Gasteiger partial charge in [-0.2, -0.15) is 0 Å². The number of carbonyl (C=O) groups is 2. The van der Waals surface area contributed by atoms with Crippen LogP contribution in [0.5, 0.6) is 0 Å². The molecule has 0 aromatic rings. The smallest absolute Gasteiger partial charge is 0.330 e. The molecule has 0 radical (unpaired) electrons. The van der Waals surface area contributed by atoms with Gasteiger partial charge in [-0.05, 0) is 40.0 Å². The Kier molecular flexibility index (Phi) is 3.91. The van der Waals surface area contributed by atoms with Crippen molar-refractivity contribution in [2.45, 2.75) is 46.1 Å². The van der Waals surface area contributed by atoms with Crippen molar-refractivity contribution in [1.82, 2.24) is 5.06 Å². The third-order valence-corrected chi connectivity index (χ3v) is 2.59. The van der Waals surface area contributed by atoms with Crippen molar-refractivity contribution in [2.75, 3.05) is 6.54 Å². The highest BCUT2D eigenvalue weighted by Gasteiger charge is 2.33. The van der Waals surface area contributed by atoms with Gasteiger partial charge in [0.05, 0.1) is 5.41 Å². The number of hydrogen-bond acceptors (Lipinski definition) is 4. The van der Waals surface area contributed by atoms with Crippen LogP contribution >= 0.6 is 0 Å². The van der Waals surface area contributed by atoms with Crippen molar-refractivity contribution in [2.24, 2.45) is 11.1 Å². The van der Waals surface area contributed by atoms with Crippen LogP contribution in [0.2, 0.25) is 0 Å². The number of nitrogens with zero attached hydrogens (tertiary/aromatic N) is 1. The summed E-state index contributed by atoms with van der Waals surface area (Å²) in [7, 11) is 0. The van der Waals surface area contributed by atoms with E-state index in [1.54, 1.807) is 20.8 Å². The van der Waals surface area contributed by atoms with Gasteiger partial charge in [-0.1, -0.05) is 0 Å². The SMILES string of the molecule is CC(C)(C)C(=O)ON1CCCCC1C(N)=O. The average Bonchev–Trinajstić information content (AvgIpc) is 2.16. The van der Waals surface area contributed by atoms with E-state index in [4.69, 9.17) is 10.6 Å². The van der Waals surface area contributed by atoms with E-state index in [0.717, 1.165) is 12.8 Å². The minimum absolute atomic E-state index is 0.333. The summed E-state index contributed by atoms with van der Waals surface area (Å²) in [6, 6.07) is -0.472. The highest BCUT2D eigenvalue weighted by Crippen LogP contribution is 2.21. The predicted octanol–water partition coefficient (Wildman–Crippen LogP) is 0.831. The van der Waals surface area contributed by atoms with E-state index in [-0.39, 0.29) is 5.97 Å². The first-order valence-corrected chi connectivity index (χ1v) is 5.60. The monoisotopic (exact) mass is 228 g/mol. The van der Waals surface area contributed by atoms with Crippen molar-refractivity contribution in [3.05, 3.63) is 0 Å². The third-order valence-electron chi connectivity index (χ3n) is 2.59. The van der Waals surface area contributed by atoms with E-state index in [9.17, 15) is 9.59 Å². The number of hydroxylamine groups is 2. The highest BCUT2D eigenvalue weighted by atomic mass is 16.7. The first kappa shape index (κ1) is 13.0. The Morgan fingerprint density at radius 1 is 1.31 bits per heavy atom. The molecule has 1 aliphatic heterocycles. The van der Waals surface area contributed by atoms with Gasteiger partial charge in [0, 0.05) is 6.54 Å². The minimum atomic E-state index is -0.570. The maximum atomic E-state index is 11.7. The summed E-state index contributed by atoms with van der Waals surface area (Å²) in [5, 5.41) is 1.43. The van der Waals surface area contributed by atoms with Gasteiger partial charge in [0.25, 0.3) is 0 Å². The standard InChI is InChI=1S/C11H20N2O3/c1-11(2,3)10(15)16-13-7-5-4-6-8(13)9(12)14/h8H,4-7H2,1-3H3,(H2,12,14). The number of nitrogens with two attached hydrogens (primary N) is 1. The van der Waals surface area contributed by atoms with Crippen molar-refractivity contribution < 1.29 is 14.4 Å². The topological polar surface area (TPSA) is 72.6 Å². The molecule has 5 nitrogen and oxygen atoms in total. The lowest BCUT2D eigenvalue weighted by Gasteiger charge is -2.33. The number of carbonyl (C=O) groups excluding carboxylic acids is 2. The van der Waals surface area contributed by atoms with Crippen LogP contribution in [0.25, 0.3) is 0 Å². The number of amides is 1. The molecule has 1 saturated heterocycles. The van der Waals surface area contributed by atoms with Gasteiger partial charge < -0.3 is 10.6 Å². The molecule has 2 N–H and O–H groups in total. The summed E-state index contributed by atoms with van der Waals surface area (Å²) in [6.07, 6.45) is 2.52. The zero-order chi connectivity index (χ0) is 12.3. The average molecular weight is 228 g/mol. The molecule has 0 spiro atoms. The molecule has 1 aliphatic rings. The van der Waals surface area contributed by atoms with Crippen LogP contribution in [0.1, 0.15) is 40.0 Å². The van der Waals surface area contributed by atoms with E-state index < -0.39 is 17.4 Å². The number of rotatable bonds is 2. The molecule has 1 amide bonds. The number of hydrogen-bond donors (Lipinski definition) is 1. The summed E-state index contributed by atoms with van der Waals surface area (Å²) in [6.45, 7) is 5.91. The van der Waals surface area contributed by atoms with Gasteiger partial charge in [0.1, 0.15) is 6.04 Å². The Balaban J connectivity index is 2.63. The molecule has 16 heavy (non-hydrogen) atoms. The fraction of sp³-hybridized carbons (Fsp3) is 0.818. The second kappa shape index (κ2) is 4.82. The quantitative estimate of drug-likeness (QED) is 0.759. The van der Waals surface area contributed by atoms with Crippen LogP contribution in [0.15, 0.2) is 0 Å². The number of primary amides is 1. The van der Waals surface area contributed by atoms with Crippen LogP contribution in [0.4, 0.5) is 0 Å². The van der Waals surface area contributed by atoms with Crippen LogP contribution in [-0.4, -0.2) is 29.5 Å². The molecule has 92 valence electrons. The Hall–Kier alpha value is -1.10. The van der Waals surface area contributed by atoms with E-state index in [0.29, 0.717) is 13.0 Å². The summed E-state index contributed by atoms with van der Waals surface area (Å²) < 4.78 is 0. The largest absolute Gasteiger partial charge is 0.368 e. The fourth-order valence-electron chi connectivity index (χ4n) is 1.54. The first-order chi connectivity index (χ1) is 7.32. The molecule has 0 aromatic carbocycles. The predicted molar refractivity (Wildman–Crippen MR) is 59.1 cm³/mol. The molecule has 1 atom stereocenters. The summed E-state index contributed by atoms with van der Waals surface area (Å²) >= 11 is 0. The van der Waals surface area contributed by atoms with Gasteiger partial charge in [0.15, 0.2) is 0 Å². The number of piperidine rings is 1. The third kappa shape index (κ3) is 3.20. The van der Waals surface area contributed by atoms with Crippen molar-refractivity contribution in [3.8, 4) is 0 Å². The van der Waals surface area contributed by atoms with E-state index in [1.165, 1.54) is 5.06 Å². The second-order valence-corrected chi connectivity index (χ2v) is 5.18. The summed E-state index contributed by atoms with van der Waals surface area (Å²) in [4.78, 5) is 28.1. The maximum Gasteiger partial charge on any atom is 0.330 e. The van der Waals surface area contributed by atoms with Crippen LogP contribution in [0.3, 0.4) is 0 Å². The summed E-state index contributed by atoms with van der Waals surface area (Å²) in [5.74, 6) is -0.762. The lowest BCUT2D eigenvalue weighted by atomic mass is 9.97. The zero-order valence-corrected chi connectivity index (χ0v) is 10.2. The van der Waals surface area contributed by atoms with Crippen molar-refractivity contribution in [1.29, 1.82) is 0 Å². The van der Waals surface area contributed by atoms with Crippen molar-refractivity contribution >= 4 is 11.9 Å². The maximum absolute atomic E-state index is 11.7. The molecule has 5 heteroatoms. The Morgan fingerprint density at radius 3 is 2.44 bits per heavy atom. The molecule has 1 rings (SSSR count). The lowest BCUT2D eigenvalue weighted by Crippen LogP contribution is -2.49. The first-order valence-electron chi connectivity index (χ1n) is 5.60. The molecule has 0 bridgehead atoms. The molecule has 0 aromatic heterocycles. The van der Waals surface area contributed by atoms with E-state index >= 15 is 0 Å². The molecule has 1 heterocycles. The molecular formula is C11H20N2O3. The summed E-state index contributed by atoms with van der Waals surface area (Å²) in [5.41, 5.74) is 4.70. The highest BCUT2D eigenvalue weighted by molar-refractivity contribution is 5.80. The van der Waals surface area contributed by atoms with Gasteiger partial charge in [-0.3, -0.25) is 4.79 Å². The normalized spacial score (nSPS) is 22.8. The molecule has 1 fully saturated rings. The molecule has 1 unspecified atom stereocenters. The van der Waals surface area contributed by atoms with E-state index in [2.05, 4.69) is 0 Å². The lowest BCUT2D eigenvalue weighted by molar-refractivity contribution is -0.215. The van der Waals surface area contributed by atoms with E-state index in [1.807, 2.05) is 0 Å². The van der Waals surface area contributed by atoms with Gasteiger partial charge in [-0.25, -0.2) is 4.79 Å². The minimum Gasteiger partial charge on any atom is -0.368 e. The fourth-order valence-corrected chi connectivity index (χ4v) is 1.54. The Bertz CT molecular complexity index is 283. The Labute approximate surface area is 95.9 Å². The van der Waals surface area contributed by atoms with Crippen LogP contribution < -0.4 is 5.73 Å². The Morgan fingerprint density at radius 2 is 1.94 bits per heavy atom. The van der Waals surface area contributed by atoms with Crippen molar-refractivity contribution in [3.63, 3.8) is 0 Å². The molecule has 0 aliphatic carbocycles. The van der Waals surface area contributed by atoms with Gasteiger partial charge in [0.2, 0.25) is 5.91 Å². The van der Waals surface area contributed by atoms with Crippen LogP contribution in [0, 0.1) is 5.41 Å². The van der Waals surface area contributed by atoms with Gasteiger partial charge in [-0.15, -0.1) is 5.06 Å². The molecular weight excluding hydrogens is 208 g/mol. The zero-order valence-electron chi connectivity index (χ0n) is 10.2. The second-order valence-electron chi connectivity index (χ2n) is 5.18.